The topological polar surface area (TPSA) is 134 Å². The van der Waals surface area contributed by atoms with Crippen molar-refractivity contribution >= 4 is 18.1 Å². The third-order valence-corrected chi connectivity index (χ3v) is 4.48. The molecule has 1 aliphatic heterocycles. The number of aliphatic hydroxyl groups is 1. The quantitative estimate of drug-likeness (QED) is 0.329. The number of hydrogen-bond donors (Lipinski definition) is 2. The van der Waals surface area contributed by atoms with Gasteiger partial charge in [-0.3, -0.25) is 9.36 Å². The van der Waals surface area contributed by atoms with E-state index in [0.29, 0.717) is 12.8 Å². The summed E-state index contributed by atoms with van der Waals surface area (Å²) in [5.41, 5.74) is 4.90. The Kier molecular flexibility index (Phi) is 8.41. The highest BCUT2D eigenvalue weighted by molar-refractivity contribution is 5.69. The molecule has 0 amide bonds. The van der Waals surface area contributed by atoms with Gasteiger partial charge in [-0.15, -0.1) is 0 Å². The van der Waals surface area contributed by atoms with Crippen LogP contribution >= 0.6 is 0 Å². The first-order valence-corrected chi connectivity index (χ1v) is 9.28. The largest absolute Gasteiger partial charge is 0.463 e. The first kappa shape index (κ1) is 21.0. The average molecular weight is 381 g/mol. The maximum atomic E-state index is 11.8. The molecule has 1 aliphatic rings. The number of aromatic nitrogens is 2. The Morgan fingerprint density at radius 3 is 2.85 bits per heavy atom. The highest BCUT2D eigenvalue weighted by Gasteiger charge is 2.36. The predicted octanol–water partition coefficient (Wildman–Crippen LogP) is 0.947. The van der Waals surface area contributed by atoms with Gasteiger partial charge in [0, 0.05) is 25.5 Å². The fourth-order valence-corrected chi connectivity index (χ4v) is 2.96. The molecule has 1 saturated heterocycles. The fraction of sp³-hybridized carbons (Fsp3) is 0.667. The molecule has 2 rings (SSSR count). The number of anilines is 1. The van der Waals surface area contributed by atoms with Gasteiger partial charge in [0.05, 0.1) is 6.10 Å². The maximum Gasteiger partial charge on any atom is 0.351 e. The van der Waals surface area contributed by atoms with Crippen LogP contribution in [0, 0.1) is 0 Å². The lowest BCUT2D eigenvalue weighted by Gasteiger charge is -2.16. The van der Waals surface area contributed by atoms with Crippen molar-refractivity contribution in [3.05, 3.63) is 22.7 Å². The standard InChI is InChI=1S/C18H27N3O6/c19-15-8-9-21(18(25)20-15)16-11-13(23)14(27-16)12-26-17(24)7-5-3-1-2-4-6-10-22/h8-10,13-14,16,23H,1-7,11-12H2,(H2,19,20,25)/t13-,14+,16+/m0/s1. The van der Waals surface area contributed by atoms with Gasteiger partial charge in [-0.25, -0.2) is 4.79 Å². The Labute approximate surface area is 157 Å². The van der Waals surface area contributed by atoms with Gasteiger partial charge >= 0.3 is 11.7 Å². The molecule has 27 heavy (non-hydrogen) atoms. The van der Waals surface area contributed by atoms with Crippen molar-refractivity contribution in [3.8, 4) is 0 Å². The molecule has 9 nitrogen and oxygen atoms in total. The van der Waals surface area contributed by atoms with E-state index >= 15 is 0 Å². The molecule has 0 aromatic carbocycles. The minimum Gasteiger partial charge on any atom is -0.463 e. The lowest BCUT2D eigenvalue weighted by Crippen LogP contribution is -2.29. The van der Waals surface area contributed by atoms with Crippen molar-refractivity contribution < 1.29 is 24.2 Å². The summed E-state index contributed by atoms with van der Waals surface area (Å²) >= 11 is 0. The van der Waals surface area contributed by atoms with Crippen molar-refractivity contribution in [2.24, 2.45) is 0 Å². The van der Waals surface area contributed by atoms with E-state index in [0.717, 1.165) is 38.4 Å². The number of nitrogens with two attached hydrogens (primary N) is 1. The van der Waals surface area contributed by atoms with Gasteiger partial charge in [0.15, 0.2) is 0 Å². The van der Waals surface area contributed by atoms with Crippen molar-refractivity contribution in [3.63, 3.8) is 0 Å². The first-order chi connectivity index (χ1) is 13.0. The van der Waals surface area contributed by atoms with E-state index in [2.05, 4.69) is 4.98 Å². The van der Waals surface area contributed by atoms with Gasteiger partial charge in [-0.1, -0.05) is 19.3 Å². The highest BCUT2D eigenvalue weighted by atomic mass is 16.6. The smallest absolute Gasteiger partial charge is 0.351 e. The minimum atomic E-state index is -0.843. The molecule has 0 spiro atoms. The molecule has 0 radical (unpaired) electrons. The van der Waals surface area contributed by atoms with Crippen LogP contribution in [0.5, 0.6) is 0 Å². The summed E-state index contributed by atoms with van der Waals surface area (Å²) in [6.07, 6.45) is 5.77. The number of unbranched alkanes of at least 4 members (excludes halogenated alkanes) is 5. The van der Waals surface area contributed by atoms with Gasteiger partial charge in [0.25, 0.3) is 0 Å². The third-order valence-electron chi connectivity index (χ3n) is 4.48. The van der Waals surface area contributed by atoms with Crippen LogP contribution in [-0.4, -0.2) is 45.7 Å². The molecule has 150 valence electrons. The number of carbonyl (C=O) groups excluding carboxylic acids is 2. The molecular weight excluding hydrogens is 354 g/mol. The van der Waals surface area contributed by atoms with Crippen LogP contribution in [0.1, 0.15) is 57.6 Å². The number of esters is 1. The summed E-state index contributed by atoms with van der Waals surface area (Å²) in [5, 5.41) is 10.1. The van der Waals surface area contributed by atoms with E-state index in [-0.39, 0.29) is 24.8 Å². The van der Waals surface area contributed by atoms with Crippen LogP contribution < -0.4 is 11.4 Å². The Morgan fingerprint density at radius 2 is 2.11 bits per heavy atom. The Morgan fingerprint density at radius 1 is 1.37 bits per heavy atom. The van der Waals surface area contributed by atoms with Crippen LogP contribution in [-0.2, 0) is 19.1 Å². The molecule has 1 aromatic heterocycles. The van der Waals surface area contributed by atoms with E-state index in [1.807, 2.05) is 0 Å². The second kappa shape index (κ2) is 10.8. The van der Waals surface area contributed by atoms with Gasteiger partial charge in [-0.2, -0.15) is 4.98 Å². The van der Waals surface area contributed by atoms with E-state index in [9.17, 15) is 19.5 Å². The average Bonchev–Trinajstić information content (AvgIpc) is 2.99. The predicted molar refractivity (Wildman–Crippen MR) is 96.8 cm³/mol. The van der Waals surface area contributed by atoms with E-state index in [1.54, 1.807) is 0 Å². The van der Waals surface area contributed by atoms with Crippen molar-refractivity contribution in [1.29, 1.82) is 0 Å². The number of aldehydes is 1. The van der Waals surface area contributed by atoms with Crippen LogP contribution in [0.3, 0.4) is 0 Å². The second-order valence-corrected chi connectivity index (χ2v) is 6.63. The minimum absolute atomic E-state index is 0.0625. The van der Waals surface area contributed by atoms with Gasteiger partial charge in [0.2, 0.25) is 0 Å². The van der Waals surface area contributed by atoms with Crippen molar-refractivity contribution in [1.82, 2.24) is 9.55 Å². The number of aliphatic hydroxyl groups excluding tert-OH is 1. The molecule has 9 heteroatoms. The molecule has 2 heterocycles. The van der Waals surface area contributed by atoms with Crippen molar-refractivity contribution in [2.45, 2.75) is 69.8 Å². The zero-order valence-corrected chi connectivity index (χ0v) is 15.3. The zero-order valence-electron chi connectivity index (χ0n) is 15.3. The van der Waals surface area contributed by atoms with Gasteiger partial charge < -0.3 is 25.1 Å². The van der Waals surface area contributed by atoms with Gasteiger partial charge in [0.1, 0.15) is 31.0 Å². The first-order valence-electron chi connectivity index (χ1n) is 9.28. The Hall–Kier alpha value is -2.26. The number of carbonyl (C=O) groups is 2. The number of nitrogens with zero attached hydrogens (tertiary/aromatic N) is 2. The number of nitrogen functional groups attached to an aromatic ring is 1. The van der Waals surface area contributed by atoms with Crippen LogP contribution in [0.2, 0.25) is 0 Å². The van der Waals surface area contributed by atoms with Gasteiger partial charge in [-0.05, 0) is 18.9 Å². The summed E-state index contributed by atoms with van der Waals surface area (Å²) < 4.78 is 12.1. The fourth-order valence-electron chi connectivity index (χ4n) is 2.96. The van der Waals surface area contributed by atoms with Crippen molar-refractivity contribution in [2.75, 3.05) is 12.3 Å². The molecule has 0 aliphatic carbocycles. The molecule has 3 atom stereocenters. The molecule has 0 bridgehead atoms. The molecule has 3 N–H and O–H groups in total. The number of rotatable bonds is 11. The van der Waals surface area contributed by atoms with Crippen LogP contribution in [0.25, 0.3) is 0 Å². The summed E-state index contributed by atoms with van der Waals surface area (Å²) in [5.74, 6) is -0.225. The van der Waals surface area contributed by atoms with Crippen LogP contribution in [0.4, 0.5) is 5.82 Å². The van der Waals surface area contributed by atoms with Crippen LogP contribution in [0.15, 0.2) is 17.1 Å². The third kappa shape index (κ3) is 6.76. The molecule has 0 unspecified atom stereocenters. The summed E-state index contributed by atoms with van der Waals surface area (Å²) in [4.78, 5) is 37.5. The molecular formula is C18H27N3O6. The SMILES string of the molecule is Nc1ccn([C@H]2C[C@H](O)[C@@H](COC(=O)CCCCCCCC=O)O2)c(=O)n1. The second-order valence-electron chi connectivity index (χ2n) is 6.63. The van der Waals surface area contributed by atoms with E-state index in [1.165, 1.54) is 16.8 Å². The molecule has 1 fully saturated rings. The summed E-state index contributed by atoms with van der Waals surface area (Å²) in [6, 6.07) is 1.48. The van der Waals surface area contributed by atoms with E-state index < -0.39 is 24.1 Å². The zero-order chi connectivity index (χ0) is 19.6. The lowest BCUT2D eigenvalue weighted by atomic mass is 10.1. The maximum absolute atomic E-state index is 11.8. The summed E-state index contributed by atoms with van der Waals surface area (Å²) in [6.45, 7) is -0.0625. The monoisotopic (exact) mass is 381 g/mol. The normalized spacial score (nSPS) is 21.9. The molecule has 0 saturated carbocycles. The lowest BCUT2D eigenvalue weighted by molar-refractivity contribution is -0.150. The number of hydrogen-bond acceptors (Lipinski definition) is 8. The Balaban J connectivity index is 1.68. The van der Waals surface area contributed by atoms with E-state index in [4.69, 9.17) is 15.2 Å². The Bertz CT molecular complexity index is 677. The molecule has 1 aromatic rings. The summed E-state index contributed by atoms with van der Waals surface area (Å²) in [7, 11) is 0. The highest BCUT2D eigenvalue weighted by Crippen LogP contribution is 2.28. The number of ether oxygens (including phenoxy) is 2.